The van der Waals surface area contributed by atoms with E-state index >= 15 is 0 Å². The number of hydrogen-bond donors (Lipinski definition) is 0. The fraction of sp³-hybridized carbons (Fsp3) is 0.143. The molecule has 0 aromatic heterocycles. The first-order chi connectivity index (χ1) is 7.36. The van der Waals surface area contributed by atoms with Crippen LogP contribution in [0.2, 0.25) is 0 Å². The van der Waals surface area contributed by atoms with Crippen LogP contribution >= 0.6 is 0 Å². The zero-order valence-electron chi connectivity index (χ0n) is 8.64. The molecule has 0 bridgehead atoms. The molecule has 1 heteroatoms. The standard InChI is InChI=1S/C14H12N/c1-11-14-8-3-2-6-12(14)10-13-7-4-5-9-15(11)13/h2-6,8-11H,1H3/q+1. The van der Waals surface area contributed by atoms with E-state index in [-0.39, 0.29) is 0 Å². The van der Waals surface area contributed by atoms with E-state index in [9.17, 15) is 0 Å². The quantitative estimate of drug-likeness (QED) is 0.573. The Balaban J connectivity index is 2.19. The predicted molar refractivity (Wildman–Crippen MR) is 61.6 cm³/mol. The van der Waals surface area contributed by atoms with Crippen molar-refractivity contribution in [3.8, 4) is 0 Å². The van der Waals surface area contributed by atoms with E-state index in [0.717, 1.165) is 5.70 Å². The molecule has 1 aromatic rings. The van der Waals surface area contributed by atoms with Gasteiger partial charge >= 0.3 is 0 Å². The van der Waals surface area contributed by atoms with Crippen molar-refractivity contribution in [3.05, 3.63) is 65.5 Å². The minimum atomic E-state index is 0.402. The summed E-state index contributed by atoms with van der Waals surface area (Å²) in [5.74, 6) is 0. The molecule has 0 saturated carbocycles. The highest BCUT2D eigenvalue weighted by Gasteiger charge is 2.28. The van der Waals surface area contributed by atoms with Crippen molar-refractivity contribution in [3.63, 3.8) is 0 Å². The maximum Gasteiger partial charge on any atom is 0.210 e. The molecular formula is C14H12N+. The molecular weight excluding hydrogens is 182 g/mol. The lowest BCUT2D eigenvalue weighted by Crippen LogP contribution is -2.24. The van der Waals surface area contributed by atoms with E-state index in [4.69, 9.17) is 0 Å². The van der Waals surface area contributed by atoms with Crippen LogP contribution in [0, 0.1) is 6.08 Å². The van der Waals surface area contributed by atoms with Crippen molar-refractivity contribution >= 4 is 6.08 Å². The molecule has 0 radical (unpaired) electrons. The van der Waals surface area contributed by atoms with Crippen LogP contribution in [0.3, 0.4) is 0 Å². The molecule has 0 saturated heterocycles. The number of fused-ring (bicyclic) bond motifs is 2. The van der Waals surface area contributed by atoms with E-state index in [1.54, 1.807) is 0 Å². The van der Waals surface area contributed by atoms with Crippen LogP contribution < -0.4 is 0 Å². The minimum absolute atomic E-state index is 0.402. The van der Waals surface area contributed by atoms with Gasteiger partial charge in [0.25, 0.3) is 0 Å². The molecule has 15 heavy (non-hydrogen) atoms. The largest absolute Gasteiger partial charge is 0.300 e. The van der Waals surface area contributed by atoms with Gasteiger partial charge in [-0.15, -0.1) is 0 Å². The molecule has 0 aliphatic carbocycles. The Hall–Kier alpha value is -1.85. The molecule has 2 aliphatic rings. The van der Waals surface area contributed by atoms with Gasteiger partial charge in [0.05, 0.1) is 30.5 Å². The van der Waals surface area contributed by atoms with Gasteiger partial charge in [-0.2, -0.15) is 0 Å². The van der Waals surface area contributed by atoms with Crippen LogP contribution in [0.15, 0.2) is 48.3 Å². The Morgan fingerprint density at radius 3 is 3.07 bits per heavy atom. The van der Waals surface area contributed by atoms with Crippen LogP contribution in [-0.4, -0.2) is 4.90 Å². The van der Waals surface area contributed by atoms with Crippen molar-refractivity contribution in [1.82, 2.24) is 4.90 Å². The first-order valence-corrected chi connectivity index (χ1v) is 5.22. The third-order valence-corrected chi connectivity index (χ3v) is 3.01. The second-order valence-electron chi connectivity index (χ2n) is 3.89. The molecule has 3 rings (SSSR count). The number of hydrogen-bond acceptors (Lipinski definition) is 1. The SMILES string of the molecule is CC1c2ccccc2C=C2[C+]=CC=CN21. The van der Waals surface area contributed by atoms with E-state index < -0.39 is 0 Å². The summed E-state index contributed by atoms with van der Waals surface area (Å²) in [6.07, 6.45) is 11.6. The van der Waals surface area contributed by atoms with E-state index in [0.29, 0.717) is 6.04 Å². The van der Waals surface area contributed by atoms with Crippen LogP contribution in [-0.2, 0) is 0 Å². The Morgan fingerprint density at radius 1 is 1.27 bits per heavy atom. The smallest absolute Gasteiger partial charge is 0.210 e. The minimum Gasteiger partial charge on any atom is -0.300 e. The first kappa shape index (κ1) is 8.46. The summed E-state index contributed by atoms with van der Waals surface area (Å²) in [4.78, 5) is 2.25. The number of rotatable bonds is 0. The zero-order valence-corrected chi connectivity index (χ0v) is 8.64. The molecule has 2 aliphatic heterocycles. The normalized spacial score (nSPS) is 21.5. The molecule has 0 fully saturated rings. The van der Waals surface area contributed by atoms with E-state index in [1.807, 2.05) is 12.2 Å². The number of benzene rings is 1. The Kier molecular flexibility index (Phi) is 1.74. The van der Waals surface area contributed by atoms with Crippen molar-refractivity contribution in [1.29, 1.82) is 0 Å². The third-order valence-electron chi connectivity index (χ3n) is 3.01. The molecule has 1 aromatic carbocycles. The van der Waals surface area contributed by atoms with Gasteiger partial charge in [-0.3, -0.25) is 4.90 Å². The summed E-state index contributed by atoms with van der Waals surface area (Å²) in [6.45, 7) is 2.23. The Bertz CT molecular complexity index is 480. The number of allylic oxidation sites excluding steroid dienone is 3. The second kappa shape index (κ2) is 3.08. The molecule has 1 unspecified atom stereocenters. The summed E-state index contributed by atoms with van der Waals surface area (Å²) in [6, 6.07) is 8.94. The van der Waals surface area contributed by atoms with E-state index in [2.05, 4.69) is 54.4 Å². The molecule has 2 heterocycles. The number of nitrogens with zero attached hydrogens (tertiary/aromatic N) is 1. The lowest BCUT2D eigenvalue weighted by molar-refractivity contribution is 0.372. The van der Waals surface area contributed by atoms with E-state index in [1.165, 1.54) is 11.1 Å². The second-order valence-corrected chi connectivity index (χ2v) is 3.89. The van der Waals surface area contributed by atoms with Crippen LogP contribution in [0.25, 0.3) is 6.08 Å². The fourth-order valence-corrected chi connectivity index (χ4v) is 2.20. The van der Waals surface area contributed by atoms with Crippen molar-refractivity contribution in [2.75, 3.05) is 0 Å². The monoisotopic (exact) mass is 194 g/mol. The lowest BCUT2D eigenvalue weighted by Gasteiger charge is -2.29. The molecule has 72 valence electrons. The van der Waals surface area contributed by atoms with Gasteiger partial charge in [-0.25, -0.2) is 0 Å². The highest BCUT2D eigenvalue weighted by molar-refractivity contribution is 5.62. The molecule has 0 spiro atoms. The summed E-state index contributed by atoms with van der Waals surface area (Å²) in [7, 11) is 0. The summed E-state index contributed by atoms with van der Waals surface area (Å²) in [5, 5.41) is 0. The van der Waals surface area contributed by atoms with Crippen molar-refractivity contribution in [2.45, 2.75) is 13.0 Å². The predicted octanol–water partition coefficient (Wildman–Crippen LogP) is 3.29. The fourth-order valence-electron chi connectivity index (χ4n) is 2.20. The van der Waals surface area contributed by atoms with Gasteiger partial charge in [0, 0.05) is 5.56 Å². The van der Waals surface area contributed by atoms with Crippen molar-refractivity contribution in [2.24, 2.45) is 0 Å². The summed E-state index contributed by atoms with van der Waals surface area (Å²) >= 11 is 0. The maximum absolute atomic E-state index is 3.27. The van der Waals surface area contributed by atoms with Gasteiger partial charge in [0.15, 0.2) is 0 Å². The summed E-state index contributed by atoms with van der Waals surface area (Å²) < 4.78 is 0. The molecule has 0 N–H and O–H groups in total. The molecule has 1 nitrogen and oxygen atoms in total. The van der Waals surface area contributed by atoms with Gasteiger partial charge in [-0.1, -0.05) is 18.2 Å². The average Bonchev–Trinajstić information content (AvgIpc) is 2.30. The van der Waals surface area contributed by atoms with Gasteiger partial charge < -0.3 is 0 Å². The summed E-state index contributed by atoms with van der Waals surface area (Å²) in [5.41, 5.74) is 3.85. The van der Waals surface area contributed by atoms with Crippen LogP contribution in [0.4, 0.5) is 0 Å². The zero-order chi connectivity index (χ0) is 10.3. The highest BCUT2D eigenvalue weighted by Crippen LogP contribution is 2.35. The topological polar surface area (TPSA) is 3.24 Å². The lowest BCUT2D eigenvalue weighted by atomic mass is 9.94. The van der Waals surface area contributed by atoms with Crippen LogP contribution in [0.1, 0.15) is 24.1 Å². The van der Waals surface area contributed by atoms with Crippen molar-refractivity contribution < 1.29 is 0 Å². The molecule has 0 amide bonds. The Labute approximate surface area is 90.0 Å². The highest BCUT2D eigenvalue weighted by atomic mass is 15.2. The maximum atomic E-state index is 3.27. The first-order valence-electron chi connectivity index (χ1n) is 5.22. The van der Waals surface area contributed by atoms with Gasteiger partial charge in [0.1, 0.15) is 6.08 Å². The van der Waals surface area contributed by atoms with Gasteiger partial charge in [0.2, 0.25) is 5.70 Å². The third kappa shape index (κ3) is 1.21. The molecule has 1 atom stereocenters. The average molecular weight is 194 g/mol. The Morgan fingerprint density at radius 2 is 2.13 bits per heavy atom. The van der Waals surface area contributed by atoms with Crippen LogP contribution in [0.5, 0.6) is 0 Å². The van der Waals surface area contributed by atoms with Gasteiger partial charge in [-0.05, 0) is 18.6 Å².